The highest BCUT2D eigenvalue weighted by atomic mass is 16.5. The van der Waals surface area contributed by atoms with E-state index in [1.807, 2.05) is 43.0 Å². The van der Waals surface area contributed by atoms with E-state index in [1.165, 1.54) is 19.3 Å². The van der Waals surface area contributed by atoms with Crippen LogP contribution in [0.25, 0.3) is 0 Å². The van der Waals surface area contributed by atoms with Crippen molar-refractivity contribution in [1.82, 2.24) is 15.5 Å². The third-order valence-corrected chi connectivity index (χ3v) is 5.82. The molecule has 0 radical (unpaired) electrons. The second-order valence-electron chi connectivity index (χ2n) is 7.55. The van der Waals surface area contributed by atoms with E-state index < -0.39 is 0 Å². The largest absolute Gasteiger partial charge is 0.385 e. The van der Waals surface area contributed by atoms with E-state index in [-0.39, 0.29) is 5.91 Å². The Balaban J connectivity index is 1.84. The normalized spacial score (nSPS) is 15.6. The Kier molecular flexibility index (Phi) is 8.77. The van der Waals surface area contributed by atoms with Gasteiger partial charge in [-0.2, -0.15) is 0 Å². The number of rotatable bonds is 10. The summed E-state index contributed by atoms with van der Waals surface area (Å²) in [5.41, 5.74) is 2.21. The molecule has 1 aromatic carbocycles. The molecular weight excluding hydrogens is 352 g/mol. The zero-order valence-electron chi connectivity index (χ0n) is 17.9. The van der Waals surface area contributed by atoms with Crippen LogP contribution < -0.4 is 10.6 Å². The molecule has 6 nitrogen and oxygen atoms in total. The lowest BCUT2D eigenvalue weighted by Gasteiger charge is -2.42. The van der Waals surface area contributed by atoms with Crippen molar-refractivity contribution >= 4 is 11.9 Å². The average molecular weight is 389 g/mol. The minimum atomic E-state index is 0.0869. The summed E-state index contributed by atoms with van der Waals surface area (Å²) < 4.78 is 5.27. The molecule has 1 aromatic rings. The minimum Gasteiger partial charge on any atom is -0.385 e. The molecule has 2 rings (SSSR count). The molecule has 0 bridgehead atoms. The molecule has 0 unspecified atom stereocenters. The summed E-state index contributed by atoms with van der Waals surface area (Å²) in [6, 6.07) is 7.82. The molecular formula is C22H36N4O2. The number of methoxy groups -OCH3 is 1. The average Bonchev–Trinajstić information content (AvgIpc) is 2.70. The number of carbonyl (C=O) groups is 1. The molecule has 0 aromatic heterocycles. The lowest BCUT2D eigenvalue weighted by molar-refractivity contribution is 0.0732. The standard InChI is InChI=1S/C22H36N4O2/c1-5-26(6-2)20(27)19-10-8-18(9-11-19)16-24-21(23-3)25-17-22(12-7-13-22)14-15-28-4/h8-11H,5-7,12-17H2,1-4H3,(H2,23,24,25). The Bertz CT molecular complexity index is 634. The Hall–Kier alpha value is -2.08. The number of nitrogens with zero attached hydrogens (tertiary/aromatic N) is 2. The van der Waals surface area contributed by atoms with Gasteiger partial charge >= 0.3 is 0 Å². The fraction of sp³-hybridized carbons (Fsp3) is 0.636. The van der Waals surface area contributed by atoms with Crippen LogP contribution in [0.15, 0.2) is 29.3 Å². The molecule has 28 heavy (non-hydrogen) atoms. The van der Waals surface area contributed by atoms with Crippen LogP contribution in [-0.4, -0.2) is 57.2 Å². The summed E-state index contributed by atoms with van der Waals surface area (Å²) in [7, 11) is 3.56. The number of hydrogen-bond donors (Lipinski definition) is 2. The topological polar surface area (TPSA) is 66.0 Å². The van der Waals surface area contributed by atoms with Crippen LogP contribution in [0.2, 0.25) is 0 Å². The molecule has 1 fully saturated rings. The van der Waals surface area contributed by atoms with Crippen LogP contribution in [0.1, 0.15) is 55.5 Å². The Morgan fingerprint density at radius 2 is 1.86 bits per heavy atom. The minimum absolute atomic E-state index is 0.0869. The molecule has 1 saturated carbocycles. The number of nitrogens with one attached hydrogen (secondary N) is 2. The van der Waals surface area contributed by atoms with Crippen molar-refractivity contribution < 1.29 is 9.53 Å². The molecule has 1 aliphatic carbocycles. The lowest BCUT2D eigenvalue weighted by Crippen LogP contribution is -2.46. The number of benzene rings is 1. The first kappa shape index (κ1) is 22.2. The number of carbonyl (C=O) groups excluding carboxylic acids is 1. The second-order valence-corrected chi connectivity index (χ2v) is 7.55. The van der Waals surface area contributed by atoms with Gasteiger partial charge in [-0.05, 0) is 56.2 Å². The van der Waals surface area contributed by atoms with E-state index in [2.05, 4.69) is 15.6 Å². The Labute approximate surface area is 169 Å². The quantitative estimate of drug-likeness (QED) is 0.478. The van der Waals surface area contributed by atoms with Gasteiger partial charge < -0.3 is 20.3 Å². The number of aliphatic imine (C=N–C) groups is 1. The number of ether oxygens (including phenoxy) is 1. The van der Waals surface area contributed by atoms with E-state index >= 15 is 0 Å². The van der Waals surface area contributed by atoms with E-state index in [0.717, 1.165) is 49.7 Å². The molecule has 0 heterocycles. The van der Waals surface area contributed by atoms with Gasteiger partial charge in [0.2, 0.25) is 0 Å². The molecule has 6 heteroatoms. The van der Waals surface area contributed by atoms with Gasteiger partial charge in [0.15, 0.2) is 5.96 Å². The number of amides is 1. The van der Waals surface area contributed by atoms with E-state index in [1.54, 1.807) is 14.2 Å². The predicted octanol–water partition coefficient (Wildman–Crippen LogP) is 3.04. The maximum Gasteiger partial charge on any atom is 0.253 e. The molecule has 2 N–H and O–H groups in total. The van der Waals surface area contributed by atoms with Crippen molar-refractivity contribution in [1.29, 1.82) is 0 Å². The molecule has 156 valence electrons. The summed E-state index contributed by atoms with van der Waals surface area (Å²) in [6.45, 7) is 7.87. The van der Waals surface area contributed by atoms with Crippen molar-refractivity contribution in [3.63, 3.8) is 0 Å². The Morgan fingerprint density at radius 3 is 2.36 bits per heavy atom. The molecule has 0 spiro atoms. The first-order valence-electron chi connectivity index (χ1n) is 10.4. The van der Waals surface area contributed by atoms with Crippen LogP contribution in [-0.2, 0) is 11.3 Å². The lowest BCUT2D eigenvalue weighted by atomic mass is 9.67. The monoisotopic (exact) mass is 388 g/mol. The molecule has 0 saturated heterocycles. The van der Waals surface area contributed by atoms with Crippen molar-refractivity contribution in [2.45, 2.75) is 46.1 Å². The summed E-state index contributed by atoms with van der Waals surface area (Å²) in [4.78, 5) is 18.6. The van der Waals surface area contributed by atoms with E-state index in [0.29, 0.717) is 12.0 Å². The molecule has 0 aliphatic heterocycles. The van der Waals surface area contributed by atoms with Crippen LogP contribution in [0, 0.1) is 5.41 Å². The third-order valence-electron chi connectivity index (χ3n) is 5.82. The van der Waals surface area contributed by atoms with Gasteiger partial charge in [-0.1, -0.05) is 18.6 Å². The fourth-order valence-corrected chi connectivity index (χ4v) is 3.65. The van der Waals surface area contributed by atoms with Gasteiger partial charge in [0.1, 0.15) is 0 Å². The van der Waals surface area contributed by atoms with Crippen LogP contribution in [0.3, 0.4) is 0 Å². The summed E-state index contributed by atoms with van der Waals surface area (Å²) in [6.07, 6.45) is 4.90. The molecule has 1 amide bonds. The summed E-state index contributed by atoms with van der Waals surface area (Å²) in [5.74, 6) is 0.899. The van der Waals surface area contributed by atoms with Gasteiger partial charge in [-0.25, -0.2) is 0 Å². The zero-order valence-corrected chi connectivity index (χ0v) is 17.9. The highest BCUT2D eigenvalue weighted by Crippen LogP contribution is 2.43. The first-order valence-corrected chi connectivity index (χ1v) is 10.4. The van der Waals surface area contributed by atoms with Gasteiger partial charge in [0.05, 0.1) is 0 Å². The number of hydrogen-bond acceptors (Lipinski definition) is 3. The molecule has 1 aliphatic rings. The highest BCUT2D eigenvalue weighted by molar-refractivity contribution is 5.94. The maximum absolute atomic E-state index is 12.4. The van der Waals surface area contributed by atoms with Crippen molar-refractivity contribution in [2.24, 2.45) is 10.4 Å². The second kappa shape index (κ2) is 11.1. The van der Waals surface area contributed by atoms with Crippen LogP contribution >= 0.6 is 0 Å². The smallest absolute Gasteiger partial charge is 0.253 e. The third kappa shape index (κ3) is 5.96. The van der Waals surface area contributed by atoms with Crippen LogP contribution in [0.4, 0.5) is 0 Å². The van der Waals surface area contributed by atoms with Gasteiger partial charge in [0, 0.05) is 52.5 Å². The first-order chi connectivity index (χ1) is 13.6. The van der Waals surface area contributed by atoms with Crippen molar-refractivity contribution in [2.75, 3.05) is 40.4 Å². The predicted molar refractivity (Wildman–Crippen MR) is 115 cm³/mol. The van der Waals surface area contributed by atoms with Crippen molar-refractivity contribution in [3.05, 3.63) is 35.4 Å². The van der Waals surface area contributed by atoms with Gasteiger partial charge in [-0.3, -0.25) is 9.79 Å². The maximum atomic E-state index is 12.4. The number of guanidine groups is 1. The van der Waals surface area contributed by atoms with E-state index in [4.69, 9.17) is 4.74 Å². The van der Waals surface area contributed by atoms with Crippen molar-refractivity contribution in [3.8, 4) is 0 Å². The summed E-state index contributed by atoms with van der Waals surface area (Å²) >= 11 is 0. The highest BCUT2D eigenvalue weighted by Gasteiger charge is 2.36. The Morgan fingerprint density at radius 1 is 1.18 bits per heavy atom. The summed E-state index contributed by atoms with van der Waals surface area (Å²) in [5, 5.41) is 6.84. The van der Waals surface area contributed by atoms with E-state index in [9.17, 15) is 4.79 Å². The van der Waals surface area contributed by atoms with Gasteiger partial charge in [0.25, 0.3) is 5.91 Å². The van der Waals surface area contributed by atoms with Gasteiger partial charge in [-0.15, -0.1) is 0 Å². The fourth-order valence-electron chi connectivity index (χ4n) is 3.65. The SMILES string of the molecule is CCN(CC)C(=O)c1ccc(CNC(=NC)NCC2(CCOC)CCC2)cc1. The van der Waals surface area contributed by atoms with Crippen LogP contribution in [0.5, 0.6) is 0 Å². The zero-order chi connectivity index (χ0) is 20.4. The molecule has 0 atom stereocenters.